The second-order valence-electron chi connectivity index (χ2n) is 4.89. The van der Waals surface area contributed by atoms with Crippen molar-refractivity contribution in [3.05, 3.63) is 29.8 Å². The molecule has 2 N–H and O–H groups in total. The van der Waals surface area contributed by atoms with Crippen LogP contribution in [0.1, 0.15) is 32.3 Å². The van der Waals surface area contributed by atoms with E-state index in [2.05, 4.69) is 31.2 Å². The highest BCUT2D eigenvalue weighted by Gasteiger charge is 2.09. The molecular formula is C17H25NO2. The van der Waals surface area contributed by atoms with Gasteiger partial charge in [-0.25, -0.2) is 0 Å². The van der Waals surface area contributed by atoms with Gasteiger partial charge in [-0.15, -0.1) is 12.3 Å². The number of ether oxygens (including phenoxy) is 1. The molecule has 0 aliphatic heterocycles. The average molecular weight is 275 g/mol. The Balaban J connectivity index is 2.32. The molecule has 3 heteroatoms. The summed E-state index contributed by atoms with van der Waals surface area (Å²) in [6, 6.07) is 8.22. The van der Waals surface area contributed by atoms with Gasteiger partial charge in [-0.3, -0.25) is 0 Å². The van der Waals surface area contributed by atoms with Gasteiger partial charge in [0.05, 0.1) is 0 Å². The van der Waals surface area contributed by atoms with Crippen molar-refractivity contribution < 1.29 is 9.84 Å². The third-order valence-electron chi connectivity index (χ3n) is 3.25. The van der Waals surface area contributed by atoms with Crippen molar-refractivity contribution >= 4 is 0 Å². The van der Waals surface area contributed by atoms with Crippen molar-refractivity contribution in [1.29, 1.82) is 0 Å². The molecule has 3 nitrogen and oxygen atoms in total. The number of nitrogens with one attached hydrogen (secondary N) is 1. The van der Waals surface area contributed by atoms with E-state index < -0.39 is 6.10 Å². The minimum Gasteiger partial charge on any atom is -0.491 e. The Labute approximate surface area is 122 Å². The summed E-state index contributed by atoms with van der Waals surface area (Å²) in [4.78, 5) is 0. The monoisotopic (exact) mass is 275 g/mol. The van der Waals surface area contributed by atoms with Crippen LogP contribution in [0.2, 0.25) is 0 Å². The summed E-state index contributed by atoms with van der Waals surface area (Å²) < 4.78 is 5.61. The molecule has 0 aliphatic carbocycles. The van der Waals surface area contributed by atoms with Crippen LogP contribution in [0.25, 0.3) is 0 Å². The Morgan fingerprint density at radius 2 is 2.20 bits per heavy atom. The van der Waals surface area contributed by atoms with E-state index in [-0.39, 0.29) is 12.6 Å². The molecule has 2 atom stereocenters. The Morgan fingerprint density at radius 3 is 2.85 bits per heavy atom. The van der Waals surface area contributed by atoms with Gasteiger partial charge in [0.2, 0.25) is 0 Å². The first-order valence-corrected chi connectivity index (χ1v) is 7.26. The van der Waals surface area contributed by atoms with Crippen LogP contribution in [-0.4, -0.2) is 30.4 Å². The molecule has 1 aromatic rings. The fraction of sp³-hybridized carbons (Fsp3) is 0.529. The first-order chi connectivity index (χ1) is 9.69. The fourth-order valence-electron chi connectivity index (χ4n) is 1.91. The summed E-state index contributed by atoms with van der Waals surface area (Å²) in [6.07, 6.45) is 7.38. The van der Waals surface area contributed by atoms with Gasteiger partial charge in [0.15, 0.2) is 0 Å². The van der Waals surface area contributed by atoms with Crippen LogP contribution in [0.15, 0.2) is 24.3 Å². The van der Waals surface area contributed by atoms with Crippen molar-refractivity contribution in [2.75, 3.05) is 13.2 Å². The zero-order valence-electron chi connectivity index (χ0n) is 12.4. The molecule has 1 rings (SSSR count). The van der Waals surface area contributed by atoms with E-state index in [9.17, 15) is 5.11 Å². The van der Waals surface area contributed by atoms with E-state index in [4.69, 9.17) is 11.2 Å². The standard InChI is InChI=1S/C17H25NO2/c1-4-8-15(6-3)18-12-16(19)13-20-17-10-7-9-14(5-2)11-17/h1,7,9-11,15-16,18-19H,5-6,8,12-13H2,2-3H3. The first kappa shape index (κ1) is 16.6. The highest BCUT2D eigenvalue weighted by atomic mass is 16.5. The SMILES string of the molecule is C#CCC(CC)NCC(O)COc1cccc(CC)c1. The molecule has 2 unspecified atom stereocenters. The number of hydrogen-bond donors (Lipinski definition) is 2. The molecule has 0 amide bonds. The Hall–Kier alpha value is -1.50. The van der Waals surface area contributed by atoms with E-state index in [1.54, 1.807) is 0 Å². The van der Waals surface area contributed by atoms with Crippen molar-refractivity contribution in [3.8, 4) is 18.1 Å². The fourth-order valence-corrected chi connectivity index (χ4v) is 1.91. The van der Waals surface area contributed by atoms with Gasteiger partial charge in [-0.1, -0.05) is 26.0 Å². The molecule has 0 aliphatic rings. The molecule has 20 heavy (non-hydrogen) atoms. The quantitative estimate of drug-likeness (QED) is 0.680. The molecule has 1 aromatic carbocycles. The normalized spacial score (nSPS) is 13.5. The summed E-state index contributed by atoms with van der Waals surface area (Å²) in [5.74, 6) is 3.44. The molecule has 0 heterocycles. The van der Waals surface area contributed by atoms with Gasteiger partial charge >= 0.3 is 0 Å². The number of rotatable bonds is 9. The van der Waals surface area contributed by atoms with Gasteiger partial charge in [-0.2, -0.15) is 0 Å². The van der Waals surface area contributed by atoms with Crippen LogP contribution in [0.4, 0.5) is 0 Å². The second-order valence-corrected chi connectivity index (χ2v) is 4.89. The predicted octanol–water partition coefficient (Wildman–Crippen LogP) is 2.38. The summed E-state index contributed by atoms with van der Waals surface area (Å²) in [5.41, 5.74) is 1.23. The van der Waals surface area contributed by atoms with Crippen molar-refractivity contribution in [2.45, 2.75) is 45.3 Å². The molecule has 0 radical (unpaired) electrons. The number of benzene rings is 1. The molecule has 0 saturated heterocycles. The lowest BCUT2D eigenvalue weighted by molar-refractivity contribution is 0.103. The molecule has 0 bridgehead atoms. The molecular weight excluding hydrogens is 250 g/mol. The molecule has 110 valence electrons. The van der Waals surface area contributed by atoms with E-state index in [1.807, 2.05) is 18.2 Å². The van der Waals surface area contributed by atoms with Crippen LogP contribution in [-0.2, 0) is 6.42 Å². The highest BCUT2D eigenvalue weighted by Crippen LogP contribution is 2.13. The lowest BCUT2D eigenvalue weighted by Gasteiger charge is -2.18. The minimum absolute atomic E-state index is 0.262. The number of aliphatic hydroxyl groups excluding tert-OH is 1. The minimum atomic E-state index is -0.535. The van der Waals surface area contributed by atoms with E-state index in [0.29, 0.717) is 13.0 Å². The zero-order chi connectivity index (χ0) is 14.8. The summed E-state index contributed by atoms with van der Waals surface area (Å²) in [5, 5.41) is 13.2. The number of terminal acetylenes is 1. The maximum absolute atomic E-state index is 9.91. The van der Waals surface area contributed by atoms with Crippen LogP contribution < -0.4 is 10.1 Å². The number of hydrogen-bond acceptors (Lipinski definition) is 3. The van der Waals surface area contributed by atoms with Crippen LogP contribution >= 0.6 is 0 Å². The van der Waals surface area contributed by atoms with Gasteiger partial charge in [0, 0.05) is 19.0 Å². The van der Waals surface area contributed by atoms with E-state index >= 15 is 0 Å². The van der Waals surface area contributed by atoms with Crippen LogP contribution in [0, 0.1) is 12.3 Å². The summed E-state index contributed by atoms with van der Waals surface area (Å²) in [6.45, 7) is 4.96. The molecule has 0 fully saturated rings. The molecule has 0 aromatic heterocycles. The van der Waals surface area contributed by atoms with Gasteiger partial charge in [0.25, 0.3) is 0 Å². The first-order valence-electron chi connectivity index (χ1n) is 7.26. The third-order valence-corrected chi connectivity index (χ3v) is 3.25. The van der Waals surface area contributed by atoms with E-state index in [0.717, 1.165) is 18.6 Å². The predicted molar refractivity (Wildman–Crippen MR) is 82.9 cm³/mol. The summed E-state index contributed by atoms with van der Waals surface area (Å²) >= 11 is 0. The Bertz CT molecular complexity index is 425. The second kappa shape index (κ2) is 9.41. The largest absolute Gasteiger partial charge is 0.491 e. The average Bonchev–Trinajstić information content (AvgIpc) is 2.49. The van der Waals surface area contributed by atoms with Gasteiger partial charge in [-0.05, 0) is 30.5 Å². The molecule has 0 saturated carbocycles. The molecule has 0 spiro atoms. The Morgan fingerprint density at radius 1 is 1.40 bits per heavy atom. The summed E-state index contributed by atoms with van der Waals surface area (Å²) in [7, 11) is 0. The van der Waals surface area contributed by atoms with Gasteiger partial charge in [0.1, 0.15) is 18.5 Å². The lowest BCUT2D eigenvalue weighted by atomic mass is 10.1. The van der Waals surface area contributed by atoms with Crippen molar-refractivity contribution in [2.24, 2.45) is 0 Å². The van der Waals surface area contributed by atoms with Crippen molar-refractivity contribution in [3.63, 3.8) is 0 Å². The topological polar surface area (TPSA) is 41.5 Å². The smallest absolute Gasteiger partial charge is 0.119 e. The third kappa shape index (κ3) is 6.10. The number of aryl methyl sites for hydroxylation is 1. The van der Waals surface area contributed by atoms with Crippen molar-refractivity contribution in [1.82, 2.24) is 5.32 Å². The van der Waals surface area contributed by atoms with Crippen LogP contribution in [0.5, 0.6) is 5.75 Å². The zero-order valence-corrected chi connectivity index (χ0v) is 12.4. The lowest BCUT2D eigenvalue weighted by Crippen LogP contribution is -2.37. The maximum Gasteiger partial charge on any atom is 0.119 e. The van der Waals surface area contributed by atoms with Gasteiger partial charge < -0.3 is 15.2 Å². The number of aliphatic hydroxyl groups is 1. The van der Waals surface area contributed by atoms with E-state index in [1.165, 1.54) is 5.56 Å². The maximum atomic E-state index is 9.91. The Kier molecular flexibility index (Phi) is 7.79. The van der Waals surface area contributed by atoms with Crippen LogP contribution in [0.3, 0.4) is 0 Å². The highest BCUT2D eigenvalue weighted by molar-refractivity contribution is 5.28.